The monoisotopic (exact) mass is 422 g/mol. The molecule has 3 aliphatic carbocycles. The molecule has 2 aromatic rings. The molecular weight excluding hydrogens is 397 g/mol. The van der Waals surface area contributed by atoms with Gasteiger partial charge in [0, 0.05) is 6.26 Å². The van der Waals surface area contributed by atoms with E-state index in [1.807, 2.05) is 12.1 Å². The van der Waals surface area contributed by atoms with E-state index in [1.54, 1.807) is 25.1 Å². The zero-order valence-corrected chi connectivity index (χ0v) is 17.5. The molecule has 156 valence electrons. The number of aryl methyl sites for hydroxylation is 1. The molecule has 3 saturated carbocycles. The van der Waals surface area contributed by atoms with E-state index in [-0.39, 0.29) is 5.41 Å². The van der Waals surface area contributed by atoms with Crippen LogP contribution in [-0.4, -0.2) is 14.7 Å². The normalized spacial score (nSPS) is 27.2. The Kier molecular flexibility index (Phi) is 4.65. The topological polar surface area (TPSA) is 34.1 Å². The Bertz CT molecular complexity index is 1010. The van der Waals surface area contributed by atoms with E-state index in [9.17, 15) is 21.6 Å². The summed E-state index contributed by atoms with van der Waals surface area (Å²) >= 11 is 0. The van der Waals surface area contributed by atoms with Crippen molar-refractivity contribution >= 4 is 9.84 Å². The summed E-state index contributed by atoms with van der Waals surface area (Å²) in [5.74, 6) is 0. The number of alkyl halides is 3. The molecule has 5 rings (SSSR count). The first-order valence-corrected chi connectivity index (χ1v) is 11.8. The van der Waals surface area contributed by atoms with Crippen molar-refractivity contribution in [1.29, 1.82) is 0 Å². The molecule has 2 nitrogen and oxygen atoms in total. The third-order valence-corrected chi connectivity index (χ3v) is 8.38. The van der Waals surface area contributed by atoms with Crippen LogP contribution < -0.4 is 0 Å². The van der Waals surface area contributed by atoms with Gasteiger partial charge in [-0.2, -0.15) is 13.2 Å². The maximum atomic E-state index is 13.7. The van der Waals surface area contributed by atoms with Crippen molar-refractivity contribution in [3.05, 3.63) is 64.7 Å². The number of fused-ring (bicyclic) bond motifs is 3. The van der Waals surface area contributed by atoms with E-state index in [0.29, 0.717) is 10.5 Å². The minimum atomic E-state index is -4.34. The second-order valence-electron chi connectivity index (χ2n) is 8.85. The van der Waals surface area contributed by atoms with Crippen LogP contribution in [0.15, 0.2) is 47.4 Å². The Balaban J connectivity index is 1.67. The molecule has 0 radical (unpaired) electrons. The summed E-state index contributed by atoms with van der Waals surface area (Å²) in [5, 5.41) is 0. The quantitative estimate of drug-likeness (QED) is 0.612. The Morgan fingerprint density at radius 2 is 1.34 bits per heavy atom. The fourth-order valence-electron chi connectivity index (χ4n) is 5.66. The van der Waals surface area contributed by atoms with Crippen LogP contribution in [0.2, 0.25) is 0 Å². The highest BCUT2D eigenvalue weighted by Crippen LogP contribution is 2.60. The Morgan fingerprint density at radius 3 is 1.83 bits per heavy atom. The molecular formula is C23H25F3O2S. The number of hydrogen-bond acceptors (Lipinski definition) is 2. The van der Waals surface area contributed by atoms with Crippen molar-refractivity contribution in [3.63, 3.8) is 0 Å². The van der Waals surface area contributed by atoms with Gasteiger partial charge < -0.3 is 0 Å². The number of halogens is 3. The van der Waals surface area contributed by atoms with E-state index in [2.05, 4.69) is 0 Å². The smallest absolute Gasteiger partial charge is 0.224 e. The Morgan fingerprint density at radius 1 is 0.828 bits per heavy atom. The standard InChI is InChI=1S/C23H25F3O2S/c1-16-4-3-5-19(23(24,25)26)20(16)22-13-10-21(11-14-22,12-15-22)17-6-8-18(9-7-17)29(2,27)28/h3-9H,10-15H2,1-2H3. The first kappa shape index (κ1) is 20.5. The second kappa shape index (κ2) is 6.59. The first-order chi connectivity index (χ1) is 13.5. The van der Waals surface area contributed by atoms with Gasteiger partial charge in [-0.05, 0) is 91.2 Å². The van der Waals surface area contributed by atoms with Crippen LogP contribution in [0.1, 0.15) is 60.8 Å². The lowest BCUT2D eigenvalue weighted by molar-refractivity contribution is -0.139. The molecule has 3 aliphatic rings. The summed E-state index contributed by atoms with van der Waals surface area (Å²) in [6, 6.07) is 11.6. The molecule has 29 heavy (non-hydrogen) atoms. The molecule has 0 saturated heterocycles. The highest BCUT2D eigenvalue weighted by atomic mass is 32.2. The summed E-state index contributed by atoms with van der Waals surface area (Å²) in [5.41, 5.74) is 1.38. The van der Waals surface area contributed by atoms with E-state index in [1.165, 1.54) is 18.4 Å². The average Bonchev–Trinajstić information content (AvgIpc) is 2.68. The molecule has 0 amide bonds. The number of sulfone groups is 1. The molecule has 6 heteroatoms. The van der Waals surface area contributed by atoms with E-state index < -0.39 is 27.0 Å². The van der Waals surface area contributed by atoms with Crippen LogP contribution in [0.5, 0.6) is 0 Å². The van der Waals surface area contributed by atoms with Crippen LogP contribution in [0.25, 0.3) is 0 Å². The maximum absolute atomic E-state index is 13.7. The molecule has 2 bridgehead atoms. The van der Waals surface area contributed by atoms with Gasteiger partial charge in [0.05, 0.1) is 10.5 Å². The second-order valence-corrected chi connectivity index (χ2v) is 10.9. The number of benzene rings is 2. The van der Waals surface area contributed by atoms with E-state index >= 15 is 0 Å². The third kappa shape index (κ3) is 3.39. The SMILES string of the molecule is Cc1cccc(C(F)(F)F)c1C12CCC(c3ccc(S(C)(=O)=O)cc3)(CC1)CC2. The zero-order valence-electron chi connectivity index (χ0n) is 16.6. The number of hydrogen-bond donors (Lipinski definition) is 0. The lowest BCUT2D eigenvalue weighted by Gasteiger charge is -2.55. The molecule has 0 unspecified atom stereocenters. The minimum Gasteiger partial charge on any atom is -0.224 e. The van der Waals surface area contributed by atoms with E-state index in [4.69, 9.17) is 0 Å². The highest BCUT2D eigenvalue weighted by Gasteiger charge is 2.52. The highest BCUT2D eigenvalue weighted by molar-refractivity contribution is 7.90. The van der Waals surface area contributed by atoms with Gasteiger partial charge in [0.15, 0.2) is 9.84 Å². The summed E-state index contributed by atoms with van der Waals surface area (Å²) in [4.78, 5) is 0.299. The average molecular weight is 423 g/mol. The maximum Gasteiger partial charge on any atom is 0.416 e. The predicted octanol–water partition coefficient (Wildman–Crippen LogP) is 5.96. The van der Waals surface area contributed by atoms with Crippen molar-refractivity contribution in [3.8, 4) is 0 Å². The largest absolute Gasteiger partial charge is 0.416 e. The molecule has 3 fully saturated rings. The number of rotatable bonds is 3. The third-order valence-electron chi connectivity index (χ3n) is 7.25. The van der Waals surface area contributed by atoms with Gasteiger partial charge in [-0.25, -0.2) is 8.42 Å². The zero-order chi connectivity index (χ0) is 21.1. The van der Waals surface area contributed by atoms with Gasteiger partial charge >= 0.3 is 6.18 Å². The Hall–Kier alpha value is -1.82. The lowest BCUT2D eigenvalue weighted by atomic mass is 9.49. The van der Waals surface area contributed by atoms with Crippen molar-refractivity contribution < 1.29 is 21.6 Å². The molecule has 0 spiro atoms. The van der Waals surface area contributed by atoms with Gasteiger partial charge in [0.25, 0.3) is 0 Å². The molecule has 0 N–H and O–H groups in total. The molecule has 0 aromatic heterocycles. The van der Waals surface area contributed by atoms with Crippen LogP contribution in [0.4, 0.5) is 13.2 Å². The fraction of sp³-hybridized carbons (Fsp3) is 0.478. The summed E-state index contributed by atoms with van der Waals surface area (Å²) < 4.78 is 64.6. The molecule has 2 aromatic carbocycles. The summed E-state index contributed by atoms with van der Waals surface area (Å²) in [6.07, 6.45) is 1.53. The van der Waals surface area contributed by atoms with Gasteiger partial charge in [-0.15, -0.1) is 0 Å². The fourth-order valence-corrected chi connectivity index (χ4v) is 6.29. The van der Waals surface area contributed by atoms with Gasteiger partial charge in [0.2, 0.25) is 0 Å². The van der Waals surface area contributed by atoms with Gasteiger partial charge in [-0.3, -0.25) is 0 Å². The summed E-state index contributed by atoms with van der Waals surface area (Å²) in [6.45, 7) is 1.79. The van der Waals surface area contributed by atoms with Crippen molar-refractivity contribution in [2.75, 3.05) is 6.26 Å². The van der Waals surface area contributed by atoms with Crippen LogP contribution in [0, 0.1) is 6.92 Å². The van der Waals surface area contributed by atoms with Gasteiger partial charge in [0.1, 0.15) is 0 Å². The van der Waals surface area contributed by atoms with Crippen molar-refractivity contribution in [2.24, 2.45) is 0 Å². The molecule has 0 atom stereocenters. The molecule has 0 aliphatic heterocycles. The van der Waals surface area contributed by atoms with Crippen LogP contribution in [0.3, 0.4) is 0 Å². The van der Waals surface area contributed by atoms with Crippen LogP contribution in [-0.2, 0) is 26.8 Å². The summed E-state index contributed by atoms with van der Waals surface area (Å²) in [7, 11) is -3.24. The van der Waals surface area contributed by atoms with E-state index in [0.717, 1.165) is 49.7 Å². The molecule has 0 heterocycles. The lowest BCUT2D eigenvalue weighted by Crippen LogP contribution is -2.47. The van der Waals surface area contributed by atoms with Crippen LogP contribution >= 0.6 is 0 Å². The van der Waals surface area contributed by atoms with Crippen molar-refractivity contribution in [1.82, 2.24) is 0 Å². The minimum absolute atomic E-state index is 0.0567. The Labute approximate surface area is 170 Å². The van der Waals surface area contributed by atoms with Crippen molar-refractivity contribution in [2.45, 2.75) is 67.4 Å². The first-order valence-electron chi connectivity index (χ1n) is 9.95. The van der Waals surface area contributed by atoms with Gasteiger partial charge in [-0.1, -0.05) is 24.3 Å². The predicted molar refractivity (Wildman–Crippen MR) is 107 cm³/mol.